The van der Waals surface area contributed by atoms with Crippen LogP contribution in [0.15, 0.2) is 134 Å². The van der Waals surface area contributed by atoms with Crippen molar-refractivity contribution in [2.24, 2.45) is 0 Å². The van der Waals surface area contributed by atoms with Crippen molar-refractivity contribution in [3.8, 4) is 0 Å². The highest BCUT2D eigenvalue weighted by Crippen LogP contribution is 2.45. The van der Waals surface area contributed by atoms with Crippen LogP contribution < -0.4 is 0 Å². The van der Waals surface area contributed by atoms with E-state index in [1.54, 1.807) is 0 Å². The molecule has 0 bridgehead atoms. The first-order valence-corrected chi connectivity index (χ1v) is 48.5. The molecular formula is C95H166O16P2. The molecule has 0 aliphatic rings. The molecule has 5 atom stereocenters. The normalized spacial score (nSPS) is 14.4. The highest BCUT2D eigenvalue weighted by molar-refractivity contribution is 7.47. The van der Waals surface area contributed by atoms with Crippen LogP contribution in [0.3, 0.4) is 0 Å². The Balaban J connectivity index is 4.45. The zero-order valence-corrected chi connectivity index (χ0v) is 73.6. The number of esters is 3. The predicted octanol–water partition coefficient (Wildman–Crippen LogP) is 27.8. The minimum absolute atomic E-state index is 0.107. The molecule has 0 aromatic heterocycles. The molecule has 0 aromatic rings. The summed E-state index contributed by atoms with van der Waals surface area (Å²) in [6, 6.07) is 0. The van der Waals surface area contributed by atoms with Crippen LogP contribution in [0.2, 0.25) is 0 Å². The van der Waals surface area contributed by atoms with Gasteiger partial charge in [0.15, 0.2) is 6.10 Å². The zero-order chi connectivity index (χ0) is 82.2. The lowest BCUT2D eigenvalue weighted by atomic mass is 10.0. The largest absolute Gasteiger partial charge is 0.472 e. The van der Waals surface area contributed by atoms with E-state index in [1.165, 1.54) is 186 Å². The molecule has 4 N–H and O–H groups in total. The van der Waals surface area contributed by atoms with Gasteiger partial charge in [-0.3, -0.25) is 32.5 Å². The topological polar surface area (TPSA) is 231 Å². The van der Waals surface area contributed by atoms with Crippen LogP contribution in [-0.2, 0) is 55.8 Å². The van der Waals surface area contributed by atoms with Crippen LogP contribution in [0.5, 0.6) is 0 Å². The first-order chi connectivity index (χ1) is 55.2. The van der Waals surface area contributed by atoms with Crippen molar-refractivity contribution in [3.05, 3.63) is 134 Å². The second kappa shape index (κ2) is 87.0. The highest BCUT2D eigenvalue weighted by Gasteiger charge is 2.29. The number of ether oxygens (including phenoxy) is 3. The molecular weight excluding hydrogens is 1460 g/mol. The van der Waals surface area contributed by atoms with Crippen molar-refractivity contribution in [1.29, 1.82) is 0 Å². The highest BCUT2D eigenvalue weighted by atomic mass is 31.2. The predicted molar refractivity (Wildman–Crippen MR) is 473 cm³/mol. The molecule has 0 aromatic carbocycles. The van der Waals surface area contributed by atoms with E-state index in [0.29, 0.717) is 19.3 Å². The van der Waals surface area contributed by atoms with E-state index in [1.807, 2.05) is 0 Å². The molecule has 0 fully saturated rings. The summed E-state index contributed by atoms with van der Waals surface area (Å²) in [7, 11) is -9.79. The fourth-order valence-electron chi connectivity index (χ4n) is 12.5. The Labute approximate surface area is 690 Å². The maximum Gasteiger partial charge on any atom is 0.472 e. The van der Waals surface area contributed by atoms with Gasteiger partial charge in [-0.25, -0.2) is 9.13 Å². The van der Waals surface area contributed by atoms with Crippen LogP contribution in [0.4, 0.5) is 0 Å². The van der Waals surface area contributed by atoms with Crippen molar-refractivity contribution in [1.82, 2.24) is 0 Å². The van der Waals surface area contributed by atoms with Gasteiger partial charge in [0.25, 0.3) is 0 Å². The average Bonchev–Trinajstić information content (AvgIpc) is 0.899. The van der Waals surface area contributed by atoms with Gasteiger partial charge in [0.2, 0.25) is 0 Å². The number of hydrogen-bond donors (Lipinski definition) is 4. The van der Waals surface area contributed by atoms with Gasteiger partial charge in [-0.15, -0.1) is 0 Å². The summed E-state index contributed by atoms with van der Waals surface area (Å²) in [5.74, 6) is -1.56. The van der Waals surface area contributed by atoms with Crippen molar-refractivity contribution in [2.45, 2.75) is 411 Å². The lowest BCUT2D eigenvalue weighted by Gasteiger charge is -2.21. The third kappa shape index (κ3) is 88.3. The van der Waals surface area contributed by atoms with E-state index in [2.05, 4.69) is 154 Å². The number of carbonyl (C=O) groups is 3. The number of aliphatic hydroxyl groups is 2. The molecule has 0 aliphatic heterocycles. The first kappa shape index (κ1) is 109. The van der Waals surface area contributed by atoms with E-state index in [0.717, 1.165) is 148 Å². The molecule has 0 heterocycles. The van der Waals surface area contributed by atoms with Crippen LogP contribution >= 0.6 is 15.6 Å². The van der Waals surface area contributed by atoms with Gasteiger partial charge in [0.05, 0.1) is 26.4 Å². The van der Waals surface area contributed by atoms with E-state index in [4.69, 9.17) is 32.3 Å². The summed E-state index contributed by atoms with van der Waals surface area (Å²) in [6.07, 6.45) is 108. The van der Waals surface area contributed by atoms with Crippen molar-refractivity contribution >= 4 is 33.6 Å². The molecule has 5 unspecified atom stereocenters. The van der Waals surface area contributed by atoms with E-state index < -0.39 is 91.5 Å². The Kier molecular flexibility index (Phi) is 83.7. The SMILES string of the molecule is CC/C=C\C/C=C\C/C=C\C/C=C\C/C=C\C/C=C\CCCCCCCCCCCCC(=O)OCC(COP(=O)(O)OCC(O)COP(=O)(O)OCC(O)COC(=O)CCCCCCCCCCCCCCCCCCC/C=C\C/C=C\C/C=C\C/C=C\C/C=C\CC)OC(=O)CCCCCCCCCCCCCCCCC. The number of phosphoric acid groups is 2. The summed E-state index contributed by atoms with van der Waals surface area (Å²) in [6.45, 7) is 2.52. The standard InChI is InChI=1S/C95H166O16P2/c1-4-7-10-13-16-19-22-25-28-30-32-34-36-38-40-42-43-44-45-47-49-50-52-54-56-58-61-63-66-69-72-75-78-81-93(98)105-84-90(96)85-107-112(101,102)108-86-91(97)87-109-113(103,104)110-89-92(111-95(100)83-80-77-74-71-68-65-60-27-24-21-18-15-12-9-6-3)88-106-94(99)82-79-76-73-70-67-64-62-59-57-55-53-51-48-46-41-39-37-35-33-31-29-26-23-20-17-14-11-8-5-2/h7-8,10-11,16-17,19-20,25-26,28-29,32-35,38-41,48,51,90-92,96-97H,4-6,9,12-15,18,21-24,27,30-31,36-37,42-47,49-50,52-89H2,1-3H3,(H,101,102)(H,103,104)/b10-7-,11-8-,19-16-,20-17-,28-25-,29-26-,34-32-,35-33-,40-38-,41-39-,51-48-. The zero-order valence-electron chi connectivity index (χ0n) is 71.8. The molecule has 0 saturated heterocycles. The van der Waals surface area contributed by atoms with Gasteiger partial charge in [-0.1, -0.05) is 392 Å². The van der Waals surface area contributed by atoms with Gasteiger partial charge >= 0.3 is 33.6 Å². The average molecular weight is 1630 g/mol. The summed E-state index contributed by atoms with van der Waals surface area (Å²) in [5, 5.41) is 20.7. The Morgan fingerprint density at radius 2 is 0.469 bits per heavy atom. The quantitative estimate of drug-likeness (QED) is 0.0146. The van der Waals surface area contributed by atoms with E-state index >= 15 is 0 Å². The molecule has 0 amide bonds. The number of allylic oxidation sites excluding steroid dienone is 22. The summed E-state index contributed by atoms with van der Waals surface area (Å²) < 4.78 is 61.4. The molecule has 0 radical (unpaired) electrons. The number of hydrogen-bond acceptors (Lipinski definition) is 14. The lowest BCUT2D eigenvalue weighted by molar-refractivity contribution is -0.161. The summed E-state index contributed by atoms with van der Waals surface area (Å²) in [5.41, 5.74) is 0. The molecule has 18 heteroatoms. The molecule has 0 saturated carbocycles. The monoisotopic (exact) mass is 1630 g/mol. The minimum atomic E-state index is -4.93. The van der Waals surface area contributed by atoms with Crippen LogP contribution in [0.1, 0.15) is 393 Å². The molecule has 0 rings (SSSR count). The maximum absolute atomic E-state index is 13.0. The third-order valence-electron chi connectivity index (χ3n) is 19.4. The fraction of sp³-hybridized carbons (Fsp3) is 0.737. The molecule has 0 aliphatic carbocycles. The molecule has 113 heavy (non-hydrogen) atoms. The van der Waals surface area contributed by atoms with Gasteiger partial charge < -0.3 is 34.2 Å². The Morgan fingerprint density at radius 1 is 0.257 bits per heavy atom. The number of rotatable bonds is 86. The van der Waals surface area contributed by atoms with Crippen LogP contribution in [0.25, 0.3) is 0 Å². The number of aliphatic hydroxyl groups excluding tert-OH is 2. The fourth-order valence-corrected chi connectivity index (χ4v) is 14.1. The smallest absolute Gasteiger partial charge is 0.463 e. The van der Waals surface area contributed by atoms with E-state index in [9.17, 15) is 43.5 Å². The van der Waals surface area contributed by atoms with Crippen LogP contribution in [0, 0.1) is 0 Å². The third-order valence-corrected chi connectivity index (χ3v) is 21.3. The molecule has 16 nitrogen and oxygen atoms in total. The van der Waals surface area contributed by atoms with Gasteiger partial charge in [0.1, 0.15) is 25.4 Å². The summed E-state index contributed by atoms with van der Waals surface area (Å²) >= 11 is 0. The van der Waals surface area contributed by atoms with E-state index in [-0.39, 0.29) is 19.3 Å². The second-order valence-electron chi connectivity index (χ2n) is 30.4. The van der Waals surface area contributed by atoms with Gasteiger partial charge in [-0.2, -0.15) is 0 Å². The van der Waals surface area contributed by atoms with Crippen molar-refractivity contribution in [2.75, 3.05) is 39.6 Å². The summed E-state index contributed by atoms with van der Waals surface area (Å²) in [4.78, 5) is 58.9. The lowest BCUT2D eigenvalue weighted by Crippen LogP contribution is -2.30. The Morgan fingerprint density at radius 3 is 0.743 bits per heavy atom. The van der Waals surface area contributed by atoms with Gasteiger partial charge in [-0.05, 0) is 116 Å². The van der Waals surface area contributed by atoms with Gasteiger partial charge in [0, 0.05) is 19.3 Å². The van der Waals surface area contributed by atoms with Crippen molar-refractivity contribution in [3.63, 3.8) is 0 Å². The Hall–Kier alpha value is -4.31. The second-order valence-corrected chi connectivity index (χ2v) is 33.3. The number of carbonyl (C=O) groups excluding carboxylic acids is 3. The van der Waals surface area contributed by atoms with Crippen LogP contribution in [-0.4, -0.2) is 95.9 Å². The van der Waals surface area contributed by atoms with Crippen molar-refractivity contribution < 1.29 is 75.8 Å². The molecule has 0 spiro atoms. The first-order valence-electron chi connectivity index (χ1n) is 45.5. The Bertz CT molecular complexity index is 2580. The number of unbranched alkanes of at least 4 members (excludes halogenated alkanes) is 41. The minimum Gasteiger partial charge on any atom is -0.463 e. The molecule has 652 valence electrons. The maximum atomic E-state index is 13.0. The number of phosphoric ester groups is 2.